The van der Waals surface area contributed by atoms with Gasteiger partial charge < -0.3 is 20.1 Å². The molecule has 1 aliphatic rings. The van der Waals surface area contributed by atoms with Gasteiger partial charge in [-0.2, -0.15) is 0 Å². The van der Waals surface area contributed by atoms with Crippen molar-refractivity contribution >= 4 is 5.91 Å². The number of hydrogen-bond donors (Lipinski definition) is 1. The number of nitrogens with two attached hydrogens (primary N) is 1. The van der Waals surface area contributed by atoms with E-state index in [1.165, 1.54) is 0 Å². The largest absolute Gasteiger partial charge is 0.491 e. The lowest BCUT2D eigenvalue weighted by atomic mass is 10.0. The van der Waals surface area contributed by atoms with Gasteiger partial charge in [0.2, 0.25) is 0 Å². The van der Waals surface area contributed by atoms with Crippen molar-refractivity contribution in [2.45, 2.75) is 45.3 Å². The summed E-state index contributed by atoms with van der Waals surface area (Å²) in [6.07, 6.45) is 3.17. The maximum absolute atomic E-state index is 12.4. The normalized spacial score (nSPS) is 18.6. The summed E-state index contributed by atoms with van der Waals surface area (Å²) in [5.41, 5.74) is 6.71. The van der Waals surface area contributed by atoms with E-state index in [9.17, 15) is 4.79 Å². The predicted molar refractivity (Wildman–Crippen MR) is 95.3 cm³/mol. The van der Waals surface area contributed by atoms with E-state index in [-0.39, 0.29) is 18.1 Å². The lowest BCUT2D eigenvalue weighted by Crippen LogP contribution is -2.34. The SMILES string of the molecule is CC(C)C(N)CCN(C)C(=O)c1ccc(OCC2CCCO2)cc1. The first kappa shape index (κ1) is 18.7. The Kier molecular flexibility index (Phi) is 7.06. The highest BCUT2D eigenvalue weighted by molar-refractivity contribution is 5.94. The Morgan fingerprint density at radius 3 is 2.67 bits per heavy atom. The van der Waals surface area contributed by atoms with E-state index in [0.717, 1.165) is 31.6 Å². The van der Waals surface area contributed by atoms with Crippen LogP contribution in [0.5, 0.6) is 5.75 Å². The summed E-state index contributed by atoms with van der Waals surface area (Å²) < 4.78 is 11.3. The molecule has 1 amide bonds. The first-order valence-electron chi connectivity index (χ1n) is 8.83. The van der Waals surface area contributed by atoms with Crippen molar-refractivity contribution in [3.05, 3.63) is 29.8 Å². The Hall–Kier alpha value is -1.59. The van der Waals surface area contributed by atoms with E-state index in [0.29, 0.717) is 24.6 Å². The van der Waals surface area contributed by atoms with Gasteiger partial charge in [0.25, 0.3) is 5.91 Å². The van der Waals surface area contributed by atoms with Gasteiger partial charge >= 0.3 is 0 Å². The first-order valence-corrected chi connectivity index (χ1v) is 8.83. The standard InChI is InChI=1S/C19H30N2O3/c1-14(2)18(20)10-11-21(3)19(22)15-6-8-16(9-7-15)24-13-17-5-4-12-23-17/h6-9,14,17-18H,4-5,10-13,20H2,1-3H3. The van der Waals surface area contributed by atoms with Crippen molar-refractivity contribution in [3.63, 3.8) is 0 Å². The fourth-order valence-corrected chi connectivity index (χ4v) is 2.66. The van der Waals surface area contributed by atoms with Gasteiger partial charge in [0.15, 0.2) is 0 Å². The molecule has 1 fully saturated rings. The van der Waals surface area contributed by atoms with Crippen LogP contribution in [0.15, 0.2) is 24.3 Å². The lowest BCUT2D eigenvalue weighted by molar-refractivity contribution is 0.0679. The van der Waals surface area contributed by atoms with Gasteiger partial charge in [0, 0.05) is 31.8 Å². The molecule has 134 valence electrons. The van der Waals surface area contributed by atoms with Crippen LogP contribution >= 0.6 is 0 Å². The number of carbonyl (C=O) groups is 1. The molecule has 0 saturated carbocycles. The molecule has 1 heterocycles. The van der Waals surface area contributed by atoms with Crippen molar-refractivity contribution in [1.82, 2.24) is 4.90 Å². The molecule has 1 aliphatic heterocycles. The molecule has 0 aliphatic carbocycles. The second-order valence-corrected chi connectivity index (χ2v) is 6.89. The van der Waals surface area contributed by atoms with Crippen molar-refractivity contribution < 1.29 is 14.3 Å². The molecule has 5 heteroatoms. The highest BCUT2D eigenvalue weighted by atomic mass is 16.5. The Morgan fingerprint density at radius 1 is 1.38 bits per heavy atom. The summed E-state index contributed by atoms with van der Waals surface area (Å²) >= 11 is 0. The minimum absolute atomic E-state index is 0.0108. The average molecular weight is 334 g/mol. The van der Waals surface area contributed by atoms with Crippen LogP contribution in [0.2, 0.25) is 0 Å². The summed E-state index contributed by atoms with van der Waals surface area (Å²) in [5, 5.41) is 0. The molecule has 1 aromatic rings. The summed E-state index contributed by atoms with van der Waals surface area (Å²) in [7, 11) is 1.82. The Labute approximate surface area is 145 Å². The zero-order valence-electron chi connectivity index (χ0n) is 15.0. The van der Waals surface area contributed by atoms with Crippen molar-refractivity contribution in [2.24, 2.45) is 11.7 Å². The zero-order valence-corrected chi connectivity index (χ0v) is 15.0. The first-order chi connectivity index (χ1) is 11.5. The molecule has 5 nitrogen and oxygen atoms in total. The predicted octanol–water partition coefficient (Wildman–Crippen LogP) is 2.69. The molecule has 2 rings (SSSR count). The lowest BCUT2D eigenvalue weighted by Gasteiger charge is -2.21. The van der Waals surface area contributed by atoms with E-state index < -0.39 is 0 Å². The van der Waals surface area contributed by atoms with Crippen molar-refractivity contribution in [2.75, 3.05) is 26.8 Å². The van der Waals surface area contributed by atoms with E-state index in [2.05, 4.69) is 13.8 Å². The summed E-state index contributed by atoms with van der Waals surface area (Å²) in [5.74, 6) is 1.21. The maximum Gasteiger partial charge on any atom is 0.253 e. The minimum atomic E-state index is 0.0108. The molecular weight excluding hydrogens is 304 g/mol. The van der Waals surface area contributed by atoms with E-state index in [1.807, 2.05) is 31.3 Å². The number of carbonyl (C=O) groups excluding carboxylic acids is 1. The van der Waals surface area contributed by atoms with Crippen LogP contribution in [0, 0.1) is 5.92 Å². The van der Waals surface area contributed by atoms with Gasteiger partial charge in [-0.3, -0.25) is 4.79 Å². The maximum atomic E-state index is 12.4. The molecule has 0 bridgehead atoms. The number of benzene rings is 1. The van der Waals surface area contributed by atoms with Crippen LogP contribution in [0.1, 0.15) is 43.5 Å². The van der Waals surface area contributed by atoms with Crippen LogP contribution in [-0.4, -0.2) is 49.8 Å². The molecule has 24 heavy (non-hydrogen) atoms. The van der Waals surface area contributed by atoms with Crippen molar-refractivity contribution in [1.29, 1.82) is 0 Å². The molecule has 1 aromatic carbocycles. The van der Waals surface area contributed by atoms with Crippen LogP contribution in [0.3, 0.4) is 0 Å². The smallest absolute Gasteiger partial charge is 0.253 e. The van der Waals surface area contributed by atoms with Gasteiger partial charge in [0.1, 0.15) is 12.4 Å². The van der Waals surface area contributed by atoms with E-state index in [1.54, 1.807) is 4.90 Å². The Balaban J connectivity index is 1.81. The monoisotopic (exact) mass is 334 g/mol. The van der Waals surface area contributed by atoms with Gasteiger partial charge in [0.05, 0.1) is 6.10 Å². The number of amides is 1. The third-order valence-electron chi connectivity index (χ3n) is 4.56. The minimum Gasteiger partial charge on any atom is -0.491 e. The Morgan fingerprint density at radius 2 is 2.08 bits per heavy atom. The second kappa shape index (κ2) is 9.04. The molecule has 0 aromatic heterocycles. The van der Waals surface area contributed by atoms with Crippen LogP contribution in [-0.2, 0) is 4.74 Å². The number of nitrogens with zero attached hydrogens (tertiary/aromatic N) is 1. The third-order valence-corrected chi connectivity index (χ3v) is 4.56. The van der Waals surface area contributed by atoms with Gasteiger partial charge in [-0.25, -0.2) is 0 Å². The van der Waals surface area contributed by atoms with Gasteiger partial charge in [-0.1, -0.05) is 13.8 Å². The summed E-state index contributed by atoms with van der Waals surface area (Å²) in [6.45, 7) is 6.26. The molecule has 2 N–H and O–H groups in total. The Bertz CT molecular complexity index is 510. The van der Waals surface area contributed by atoms with E-state index >= 15 is 0 Å². The topological polar surface area (TPSA) is 64.8 Å². The molecular formula is C19H30N2O3. The molecule has 2 unspecified atom stereocenters. The molecule has 0 spiro atoms. The molecule has 1 saturated heterocycles. The zero-order chi connectivity index (χ0) is 17.5. The number of hydrogen-bond acceptors (Lipinski definition) is 4. The fraction of sp³-hybridized carbons (Fsp3) is 0.632. The van der Waals surface area contributed by atoms with E-state index in [4.69, 9.17) is 15.2 Å². The number of ether oxygens (including phenoxy) is 2. The number of rotatable bonds is 8. The highest BCUT2D eigenvalue weighted by Crippen LogP contribution is 2.17. The van der Waals surface area contributed by atoms with Crippen LogP contribution < -0.4 is 10.5 Å². The van der Waals surface area contributed by atoms with Gasteiger partial charge in [-0.05, 0) is 49.4 Å². The third kappa shape index (κ3) is 5.49. The average Bonchev–Trinajstić information content (AvgIpc) is 3.10. The van der Waals surface area contributed by atoms with Crippen LogP contribution in [0.25, 0.3) is 0 Å². The fourth-order valence-electron chi connectivity index (χ4n) is 2.66. The molecule has 0 radical (unpaired) electrons. The molecule has 2 atom stereocenters. The highest BCUT2D eigenvalue weighted by Gasteiger charge is 2.17. The summed E-state index contributed by atoms with van der Waals surface area (Å²) in [6, 6.07) is 7.43. The summed E-state index contributed by atoms with van der Waals surface area (Å²) in [4.78, 5) is 14.2. The quantitative estimate of drug-likeness (QED) is 0.794. The van der Waals surface area contributed by atoms with Crippen LogP contribution in [0.4, 0.5) is 0 Å². The second-order valence-electron chi connectivity index (χ2n) is 6.89. The van der Waals surface area contributed by atoms with Crippen molar-refractivity contribution in [3.8, 4) is 5.75 Å². The van der Waals surface area contributed by atoms with Gasteiger partial charge in [-0.15, -0.1) is 0 Å².